The molecule has 2 N–H and O–H groups in total. The number of fused-ring (bicyclic) bond motifs is 1. The van der Waals surface area contributed by atoms with Gasteiger partial charge in [-0.2, -0.15) is 18.6 Å². The molecule has 0 aromatic heterocycles. The Hall–Kier alpha value is -1.05. The zero-order valence-corrected chi connectivity index (χ0v) is 11.9. The molecular formula is C13H12BrF3N3. The Kier molecular flexibility index (Phi) is 3.30. The normalized spacial score (nSPS) is 29.0. The fourth-order valence-corrected chi connectivity index (χ4v) is 3.22. The number of benzene rings is 1. The van der Waals surface area contributed by atoms with Crippen molar-refractivity contribution in [2.24, 2.45) is 0 Å². The largest absolute Gasteiger partial charge is 0.426 e. The van der Waals surface area contributed by atoms with E-state index in [4.69, 9.17) is 0 Å². The van der Waals surface area contributed by atoms with Crippen LogP contribution in [0.15, 0.2) is 34.9 Å². The van der Waals surface area contributed by atoms with Crippen LogP contribution in [0.3, 0.4) is 0 Å². The Morgan fingerprint density at radius 3 is 2.75 bits per heavy atom. The van der Waals surface area contributed by atoms with Gasteiger partial charge < -0.3 is 0 Å². The maximum absolute atomic E-state index is 13.4. The Bertz CT molecular complexity index is 558. The number of halogens is 4. The Labute approximate surface area is 122 Å². The molecule has 20 heavy (non-hydrogen) atoms. The molecule has 107 valence electrons. The highest BCUT2D eigenvalue weighted by Crippen LogP contribution is 2.42. The van der Waals surface area contributed by atoms with Crippen molar-refractivity contribution in [3.8, 4) is 0 Å². The molecule has 7 heteroatoms. The van der Waals surface area contributed by atoms with Crippen LogP contribution in [0.5, 0.6) is 0 Å². The second kappa shape index (κ2) is 4.75. The summed E-state index contributed by atoms with van der Waals surface area (Å²) in [6.07, 6.45) is -1.94. The Morgan fingerprint density at radius 2 is 2.10 bits per heavy atom. The molecule has 3 rings (SSSR count). The summed E-state index contributed by atoms with van der Waals surface area (Å²) in [7, 11) is 0. The quantitative estimate of drug-likeness (QED) is 0.864. The Balaban J connectivity index is 1.92. The lowest BCUT2D eigenvalue weighted by atomic mass is 10.0. The monoisotopic (exact) mass is 346 g/mol. The van der Waals surface area contributed by atoms with Crippen molar-refractivity contribution >= 4 is 15.9 Å². The van der Waals surface area contributed by atoms with Crippen molar-refractivity contribution in [3.05, 3.63) is 46.1 Å². The van der Waals surface area contributed by atoms with Gasteiger partial charge in [0.05, 0.1) is 10.7 Å². The predicted molar refractivity (Wildman–Crippen MR) is 71.7 cm³/mol. The van der Waals surface area contributed by atoms with Crippen LogP contribution in [0, 0.1) is 0 Å². The molecule has 0 spiro atoms. The zero-order chi connectivity index (χ0) is 14.4. The summed E-state index contributed by atoms with van der Waals surface area (Å²) in [4.78, 5) is 0. The smallest absolute Gasteiger partial charge is 0.279 e. The molecule has 1 aromatic carbocycles. The summed E-state index contributed by atoms with van der Waals surface area (Å²) in [6.45, 7) is 0. The molecule has 2 aliphatic rings. The first kappa shape index (κ1) is 13.9. The molecule has 0 bridgehead atoms. The molecule has 0 fully saturated rings. The number of alkyl halides is 3. The first-order valence-electron chi connectivity index (χ1n) is 6.19. The lowest BCUT2D eigenvalue weighted by molar-refractivity contribution is -0.194. The van der Waals surface area contributed by atoms with Crippen LogP contribution in [0.25, 0.3) is 0 Å². The van der Waals surface area contributed by atoms with Crippen molar-refractivity contribution in [2.45, 2.75) is 30.7 Å². The maximum Gasteiger partial charge on any atom is 0.426 e. The molecule has 1 aliphatic carbocycles. The lowest BCUT2D eigenvalue weighted by Gasteiger charge is -2.35. The highest BCUT2D eigenvalue weighted by atomic mass is 79.9. The first-order chi connectivity index (χ1) is 9.44. The van der Waals surface area contributed by atoms with E-state index in [1.54, 1.807) is 0 Å². The number of nitrogens with zero attached hydrogens (tertiary/aromatic N) is 1. The number of rotatable bonds is 2. The van der Waals surface area contributed by atoms with E-state index in [1.807, 2.05) is 24.3 Å². The van der Waals surface area contributed by atoms with E-state index >= 15 is 0 Å². The third-order valence-electron chi connectivity index (χ3n) is 3.72. The third kappa shape index (κ3) is 2.04. The molecule has 1 aliphatic heterocycles. The molecule has 1 aromatic rings. The average molecular weight is 347 g/mol. The Morgan fingerprint density at radius 1 is 1.35 bits per heavy atom. The number of hydrogen-bond acceptors (Lipinski definition) is 2. The van der Waals surface area contributed by atoms with Crippen molar-refractivity contribution in [2.75, 3.05) is 0 Å². The molecule has 1 radical (unpaired) electrons. The third-order valence-corrected chi connectivity index (χ3v) is 4.52. The van der Waals surface area contributed by atoms with E-state index in [2.05, 4.69) is 32.1 Å². The van der Waals surface area contributed by atoms with E-state index in [-0.39, 0.29) is 10.5 Å². The van der Waals surface area contributed by atoms with Crippen LogP contribution in [0.1, 0.15) is 23.6 Å². The summed E-state index contributed by atoms with van der Waals surface area (Å²) >= 11 is 2.97. The van der Waals surface area contributed by atoms with Gasteiger partial charge in [0.25, 0.3) is 0 Å². The van der Waals surface area contributed by atoms with E-state index in [0.29, 0.717) is 6.42 Å². The van der Waals surface area contributed by atoms with Gasteiger partial charge in [0, 0.05) is 6.04 Å². The lowest BCUT2D eigenvalue weighted by Crippen LogP contribution is -2.65. The molecule has 0 amide bonds. The van der Waals surface area contributed by atoms with E-state index in [9.17, 15) is 13.2 Å². The van der Waals surface area contributed by atoms with E-state index in [1.165, 1.54) is 0 Å². The molecule has 1 heterocycles. The van der Waals surface area contributed by atoms with E-state index in [0.717, 1.165) is 23.7 Å². The van der Waals surface area contributed by atoms with E-state index < -0.39 is 11.8 Å². The number of hydrogen-bond donors (Lipinski definition) is 2. The van der Waals surface area contributed by atoms with Crippen LogP contribution in [0.2, 0.25) is 0 Å². The van der Waals surface area contributed by atoms with Crippen molar-refractivity contribution in [1.82, 2.24) is 16.2 Å². The second-order valence-corrected chi connectivity index (χ2v) is 5.75. The molecule has 0 saturated carbocycles. The van der Waals surface area contributed by atoms with Gasteiger partial charge in [-0.15, -0.1) is 0 Å². The molecule has 3 nitrogen and oxygen atoms in total. The average Bonchev–Trinajstić information content (AvgIpc) is 2.95. The SMILES string of the molecule is FC(F)(F)C1(NC2CCc3ccccc32)N[N]C=C1Br. The van der Waals surface area contributed by atoms with Gasteiger partial charge in [0.2, 0.25) is 5.66 Å². The van der Waals surface area contributed by atoms with Crippen LogP contribution in [-0.2, 0) is 6.42 Å². The van der Waals surface area contributed by atoms with Crippen LogP contribution < -0.4 is 16.2 Å². The van der Waals surface area contributed by atoms with Crippen LogP contribution in [-0.4, -0.2) is 11.8 Å². The second-order valence-electron chi connectivity index (χ2n) is 4.90. The van der Waals surface area contributed by atoms with Crippen LogP contribution in [0.4, 0.5) is 13.2 Å². The summed E-state index contributed by atoms with van der Waals surface area (Å²) in [5.74, 6) is 0. The fourth-order valence-electron chi connectivity index (χ4n) is 2.69. The fraction of sp³-hybridized carbons (Fsp3) is 0.385. The minimum atomic E-state index is -4.50. The maximum atomic E-state index is 13.4. The van der Waals surface area contributed by atoms with Gasteiger partial charge in [-0.05, 0) is 39.9 Å². The molecule has 2 unspecified atom stereocenters. The van der Waals surface area contributed by atoms with Gasteiger partial charge in [-0.1, -0.05) is 24.3 Å². The van der Waals surface area contributed by atoms with Gasteiger partial charge in [0.1, 0.15) is 0 Å². The minimum absolute atomic E-state index is 0.0538. The summed E-state index contributed by atoms with van der Waals surface area (Å²) in [5.41, 5.74) is 5.39. The standard InChI is InChI=1S/C13H12BrF3N3/c14-11-7-18-20-12(11,13(15,16)17)19-10-6-5-8-3-1-2-4-9(8)10/h1-4,7,10,19-20H,5-6H2. The summed E-state index contributed by atoms with van der Waals surface area (Å²) in [6, 6.07) is 7.22. The first-order valence-corrected chi connectivity index (χ1v) is 6.99. The van der Waals surface area contributed by atoms with Crippen LogP contribution >= 0.6 is 15.9 Å². The van der Waals surface area contributed by atoms with Gasteiger partial charge >= 0.3 is 6.18 Å². The minimum Gasteiger partial charge on any atom is -0.279 e. The highest BCUT2D eigenvalue weighted by molar-refractivity contribution is 9.11. The number of aryl methyl sites for hydroxylation is 1. The van der Waals surface area contributed by atoms with Gasteiger partial charge in [-0.25, -0.2) is 5.43 Å². The predicted octanol–water partition coefficient (Wildman–Crippen LogP) is 2.88. The molecular weight excluding hydrogens is 335 g/mol. The topological polar surface area (TPSA) is 38.2 Å². The van der Waals surface area contributed by atoms with Gasteiger partial charge in [0.15, 0.2) is 0 Å². The van der Waals surface area contributed by atoms with Crippen molar-refractivity contribution < 1.29 is 13.2 Å². The number of nitrogens with one attached hydrogen (secondary N) is 2. The summed E-state index contributed by atoms with van der Waals surface area (Å²) in [5, 5.41) is 2.69. The zero-order valence-electron chi connectivity index (χ0n) is 10.3. The summed E-state index contributed by atoms with van der Waals surface area (Å²) < 4.78 is 40.3. The van der Waals surface area contributed by atoms with Gasteiger partial charge in [-0.3, -0.25) is 5.32 Å². The van der Waals surface area contributed by atoms with Crippen molar-refractivity contribution in [3.63, 3.8) is 0 Å². The molecule has 2 atom stereocenters. The highest BCUT2D eigenvalue weighted by Gasteiger charge is 2.60. The molecule has 0 saturated heterocycles. The van der Waals surface area contributed by atoms with Crippen molar-refractivity contribution in [1.29, 1.82) is 0 Å².